The quantitative estimate of drug-likeness (QED) is 0.551. The summed E-state index contributed by atoms with van der Waals surface area (Å²) in [6.07, 6.45) is 5.01. The molecule has 0 radical (unpaired) electrons. The lowest BCUT2D eigenvalue weighted by Gasteiger charge is -2.25. The van der Waals surface area contributed by atoms with Gasteiger partial charge in [0.15, 0.2) is 5.13 Å². The smallest absolute Gasteiger partial charge is 0.277 e. The van der Waals surface area contributed by atoms with Crippen molar-refractivity contribution in [2.24, 2.45) is 0 Å². The van der Waals surface area contributed by atoms with Gasteiger partial charge in [0.1, 0.15) is 11.4 Å². The zero-order valence-corrected chi connectivity index (χ0v) is 16.6. The Kier molecular flexibility index (Phi) is 4.64. The number of aromatic nitrogens is 4. The Bertz CT molecular complexity index is 1260. The van der Waals surface area contributed by atoms with Crippen LogP contribution in [-0.4, -0.2) is 43.2 Å². The molecular formula is C21H16N6O2S. The third-order valence-corrected chi connectivity index (χ3v) is 5.85. The molecule has 0 spiro atoms. The monoisotopic (exact) mass is 416 g/mol. The number of nitrogens with one attached hydrogen (secondary N) is 1. The highest BCUT2D eigenvalue weighted by atomic mass is 32.1. The Balaban J connectivity index is 1.32. The number of hydrogen-bond acceptors (Lipinski definition) is 7. The highest BCUT2D eigenvalue weighted by molar-refractivity contribution is 7.15. The first-order chi connectivity index (χ1) is 14.7. The molecule has 0 saturated heterocycles. The second-order valence-corrected chi connectivity index (χ2v) is 7.88. The van der Waals surface area contributed by atoms with Gasteiger partial charge in [-0.15, -0.1) is 0 Å². The summed E-state index contributed by atoms with van der Waals surface area (Å²) in [5.41, 5.74) is 2.36. The lowest BCUT2D eigenvalue weighted by atomic mass is 10.1. The number of para-hydroxylation sites is 1. The minimum Gasteiger partial charge on any atom is -0.332 e. The fourth-order valence-corrected chi connectivity index (χ4v) is 4.37. The molecule has 1 N–H and O–H groups in total. The Labute approximate surface area is 175 Å². The van der Waals surface area contributed by atoms with E-state index in [4.69, 9.17) is 0 Å². The summed E-state index contributed by atoms with van der Waals surface area (Å²) >= 11 is 1.37. The molecule has 0 fully saturated rings. The molecule has 2 amide bonds. The highest BCUT2D eigenvalue weighted by Crippen LogP contribution is 2.29. The predicted octanol–water partition coefficient (Wildman–Crippen LogP) is 2.93. The van der Waals surface area contributed by atoms with Gasteiger partial charge in [0.2, 0.25) is 0 Å². The van der Waals surface area contributed by atoms with Crippen molar-refractivity contribution in [3.05, 3.63) is 76.9 Å². The maximum absolute atomic E-state index is 13.0. The summed E-state index contributed by atoms with van der Waals surface area (Å²) in [7, 11) is 0. The molecule has 0 saturated carbocycles. The third-order valence-electron chi connectivity index (χ3n) is 4.85. The van der Waals surface area contributed by atoms with Gasteiger partial charge >= 0.3 is 0 Å². The fraction of sp³-hybridized carbons (Fsp3) is 0.143. The number of nitrogens with zero attached hydrogens (tertiary/aromatic N) is 5. The topological polar surface area (TPSA) is 101 Å². The molecule has 9 heteroatoms. The van der Waals surface area contributed by atoms with Gasteiger partial charge in [-0.1, -0.05) is 35.6 Å². The van der Waals surface area contributed by atoms with Crippen LogP contribution in [-0.2, 0) is 13.0 Å². The average molecular weight is 416 g/mol. The summed E-state index contributed by atoms with van der Waals surface area (Å²) in [4.78, 5) is 44.9. The maximum Gasteiger partial charge on any atom is 0.277 e. The van der Waals surface area contributed by atoms with E-state index in [0.717, 1.165) is 21.5 Å². The van der Waals surface area contributed by atoms with Gasteiger partial charge in [0.25, 0.3) is 11.8 Å². The number of benzene rings is 1. The van der Waals surface area contributed by atoms with E-state index in [1.807, 2.05) is 30.3 Å². The van der Waals surface area contributed by atoms with Gasteiger partial charge in [0, 0.05) is 35.6 Å². The average Bonchev–Trinajstić information content (AvgIpc) is 3.20. The van der Waals surface area contributed by atoms with Crippen molar-refractivity contribution < 1.29 is 9.59 Å². The van der Waals surface area contributed by atoms with Crippen LogP contribution >= 0.6 is 11.3 Å². The fourth-order valence-electron chi connectivity index (χ4n) is 3.35. The molecule has 1 aliphatic heterocycles. The van der Waals surface area contributed by atoms with Crippen molar-refractivity contribution >= 4 is 39.2 Å². The van der Waals surface area contributed by atoms with Gasteiger partial charge in [-0.3, -0.25) is 19.9 Å². The van der Waals surface area contributed by atoms with E-state index in [2.05, 4.69) is 25.3 Å². The lowest BCUT2D eigenvalue weighted by Crippen LogP contribution is -2.35. The minimum atomic E-state index is -0.359. The number of pyridine rings is 1. The first-order valence-corrected chi connectivity index (χ1v) is 10.2. The van der Waals surface area contributed by atoms with Gasteiger partial charge in [-0.05, 0) is 12.1 Å². The highest BCUT2D eigenvalue weighted by Gasteiger charge is 2.26. The summed E-state index contributed by atoms with van der Waals surface area (Å²) < 4.78 is 0. The van der Waals surface area contributed by atoms with Crippen LogP contribution in [0.25, 0.3) is 10.9 Å². The van der Waals surface area contributed by atoms with E-state index in [1.165, 1.54) is 29.9 Å². The maximum atomic E-state index is 13.0. The molecule has 0 atom stereocenters. The second kappa shape index (κ2) is 7.60. The summed E-state index contributed by atoms with van der Waals surface area (Å²) in [5, 5.41) is 4.26. The van der Waals surface area contributed by atoms with Gasteiger partial charge in [-0.2, -0.15) is 0 Å². The van der Waals surface area contributed by atoms with E-state index < -0.39 is 0 Å². The van der Waals surface area contributed by atoms with Crippen LogP contribution in [0.5, 0.6) is 0 Å². The van der Waals surface area contributed by atoms with Crippen LogP contribution in [0, 0.1) is 0 Å². The number of amides is 2. The largest absolute Gasteiger partial charge is 0.332 e. The molecule has 0 unspecified atom stereocenters. The molecule has 5 rings (SSSR count). The van der Waals surface area contributed by atoms with E-state index >= 15 is 0 Å². The number of carbonyl (C=O) groups is 2. The molecule has 30 heavy (non-hydrogen) atoms. The summed E-state index contributed by atoms with van der Waals surface area (Å²) in [6.45, 7) is 1.00. The molecule has 1 aromatic carbocycles. The third kappa shape index (κ3) is 3.50. The standard InChI is InChI=1S/C21H16N6O2S/c28-19(17-11-22-8-9-23-17)26-21-25-15-7-10-27(12-18(15)30-21)20(29)16-6-5-13-3-1-2-4-14(13)24-16/h1-6,8-9,11H,7,10,12H2,(H,25,26,28). The molecule has 8 nitrogen and oxygen atoms in total. The van der Waals surface area contributed by atoms with Crippen LogP contribution in [0.4, 0.5) is 5.13 Å². The summed E-state index contributed by atoms with van der Waals surface area (Å²) in [6, 6.07) is 11.4. The van der Waals surface area contributed by atoms with Crippen LogP contribution in [0.15, 0.2) is 55.0 Å². The van der Waals surface area contributed by atoms with Crippen LogP contribution < -0.4 is 5.32 Å². The van der Waals surface area contributed by atoms with Crippen molar-refractivity contribution in [2.45, 2.75) is 13.0 Å². The molecule has 1 aliphatic rings. The van der Waals surface area contributed by atoms with Crippen molar-refractivity contribution in [3.63, 3.8) is 0 Å². The number of anilines is 1. The van der Waals surface area contributed by atoms with E-state index in [0.29, 0.717) is 30.3 Å². The molecule has 0 aliphatic carbocycles. The molecular weight excluding hydrogens is 400 g/mol. The van der Waals surface area contributed by atoms with Gasteiger partial charge in [0.05, 0.1) is 24.0 Å². The SMILES string of the molecule is O=C(Nc1nc2c(s1)CN(C(=O)c1ccc3ccccc3n1)CC2)c1cnccn1. The van der Waals surface area contributed by atoms with E-state index in [1.54, 1.807) is 11.0 Å². The Morgan fingerprint density at radius 1 is 1.03 bits per heavy atom. The molecule has 3 aromatic heterocycles. The number of thiazole rings is 1. The van der Waals surface area contributed by atoms with Crippen LogP contribution in [0.2, 0.25) is 0 Å². The van der Waals surface area contributed by atoms with Crippen molar-refractivity contribution in [3.8, 4) is 0 Å². The predicted molar refractivity (Wildman–Crippen MR) is 112 cm³/mol. The van der Waals surface area contributed by atoms with Gasteiger partial charge in [-0.25, -0.2) is 15.0 Å². The Hall–Kier alpha value is -3.72. The van der Waals surface area contributed by atoms with Crippen molar-refractivity contribution in [1.82, 2.24) is 24.8 Å². The first kappa shape index (κ1) is 18.3. The van der Waals surface area contributed by atoms with Gasteiger partial charge < -0.3 is 4.90 Å². The van der Waals surface area contributed by atoms with Crippen LogP contribution in [0.3, 0.4) is 0 Å². The van der Waals surface area contributed by atoms with Crippen molar-refractivity contribution in [2.75, 3.05) is 11.9 Å². The van der Waals surface area contributed by atoms with Crippen LogP contribution in [0.1, 0.15) is 31.5 Å². The normalized spacial score (nSPS) is 13.1. The zero-order valence-electron chi connectivity index (χ0n) is 15.8. The lowest BCUT2D eigenvalue weighted by molar-refractivity contribution is 0.0730. The Morgan fingerprint density at radius 2 is 1.93 bits per heavy atom. The van der Waals surface area contributed by atoms with E-state index in [9.17, 15) is 9.59 Å². The van der Waals surface area contributed by atoms with E-state index in [-0.39, 0.29) is 17.5 Å². The van der Waals surface area contributed by atoms with Crippen molar-refractivity contribution in [1.29, 1.82) is 0 Å². The molecule has 4 aromatic rings. The molecule has 4 heterocycles. The number of fused-ring (bicyclic) bond motifs is 2. The second-order valence-electron chi connectivity index (χ2n) is 6.80. The Morgan fingerprint density at radius 3 is 2.80 bits per heavy atom. The number of carbonyl (C=O) groups excluding carboxylic acids is 2. The number of hydrogen-bond donors (Lipinski definition) is 1. The zero-order chi connectivity index (χ0) is 20.5. The first-order valence-electron chi connectivity index (χ1n) is 9.38. The summed E-state index contributed by atoms with van der Waals surface area (Å²) in [5.74, 6) is -0.465. The number of rotatable bonds is 3. The minimum absolute atomic E-state index is 0.107. The molecule has 148 valence electrons. The molecule has 0 bridgehead atoms.